The highest BCUT2D eigenvalue weighted by Gasteiger charge is 2.24. The van der Waals surface area contributed by atoms with Crippen LogP contribution in [-0.2, 0) is 6.42 Å². The summed E-state index contributed by atoms with van der Waals surface area (Å²) in [7, 11) is 1.72. The number of nitrogens with one attached hydrogen (secondary N) is 1. The molecule has 1 heterocycles. The lowest BCUT2D eigenvalue weighted by Gasteiger charge is -2.15. The molecule has 90 valence electrons. The van der Waals surface area contributed by atoms with Gasteiger partial charge in [0.25, 0.3) is 0 Å². The van der Waals surface area contributed by atoms with Crippen molar-refractivity contribution in [3.8, 4) is 5.75 Å². The molecule has 0 amide bonds. The fraction of sp³-hybridized carbons (Fsp3) is 0.462. The Kier molecular flexibility index (Phi) is 2.97. The van der Waals surface area contributed by atoms with E-state index in [0.29, 0.717) is 6.04 Å². The molecule has 4 heteroatoms. The van der Waals surface area contributed by atoms with Gasteiger partial charge in [0.1, 0.15) is 5.75 Å². The van der Waals surface area contributed by atoms with Gasteiger partial charge in [-0.25, -0.2) is 0 Å². The summed E-state index contributed by atoms with van der Waals surface area (Å²) in [5, 5.41) is 4.65. The largest absolute Gasteiger partial charge is 0.497 e. The van der Waals surface area contributed by atoms with Crippen LogP contribution in [0.15, 0.2) is 23.2 Å². The molecule has 1 unspecified atom stereocenters. The maximum Gasteiger partial charge on any atom is 0.157 e. The van der Waals surface area contributed by atoms with Crippen molar-refractivity contribution in [1.29, 1.82) is 0 Å². The average molecular weight is 248 g/mol. The Morgan fingerprint density at radius 2 is 2.41 bits per heavy atom. The van der Waals surface area contributed by atoms with Crippen molar-refractivity contribution in [1.82, 2.24) is 5.32 Å². The first kappa shape index (κ1) is 11.0. The molecule has 1 aliphatic heterocycles. The number of hydrogen-bond donors (Lipinski definition) is 1. The quantitative estimate of drug-likeness (QED) is 0.872. The molecule has 1 atom stereocenters. The summed E-state index contributed by atoms with van der Waals surface area (Å²) in [6, 6.07) is 6.78. The molecule has 1 aromatic rings. The van der Waals surface area contributed by atoms with E-state index < -0.39 is 0 Å². The van der Waals surface area contributed by atoms with E-state index in [0.717, 1.165) is 36.1 Å². The van der Waals surface area contributed by atoms with Gasteiger partial charge < -0.3 is 10.1 Å². The monoisotopic (exact) mass is 248 g/mol. The van der Waals surface area contributed by atoms with Crippen molar-refractivity contribution in [2.75, 3.05) is 19.4 Å². The molecule has 1 aromatic carbocycles. The molecule has 0 saturated carbocycles. The maximum atomic E-state index is 5.29. The first-order valence-corrected chi connectivity index (χ1v) is 6.96. The summed E-state index contributed by atoms with van der Waals surface area (Å²) in [5.74, 6) is 2.05. The van der Waals surface area contributed by atoms with Gasteiger partial charge in [-0.2, -0.15) is 0 Å². The van der Waals surface area contributed by atoms with Crippen LogP contribution in [0, 0.1) is 0 Å². The number of aliphatic imine (C=N–C) groups is 1. The highest BCUT2D eigenvalue weighted by Crippen LogP contribution is 2.34. The van der Waals surface area contributed by atoms with E-state index in [4.69, 9.17) is 4.74 Å². The topological polar surface area (TPSA) is 33.6 Å². The van der Waals surface area contributed by atoms with Crippen LogP contribution in [0.25, 0.3) is 0 Å². The van der Waals surface area contributed by atoms with Crippen LogP contribution in [-0.4, -0.2) is 24.6 Å². The molecular weight excluding hydrogens is 232 g/mol. The van der Waals surface area contributed by atoms with Crippen LogP contribution < -0.4 is 10.1 Å². The van der Waals surface area contributed by atoms with E-state index >= 15 is 0 Å². The number of hydrogen-bond acceptors (Lipinski definition) is 4. The molecule has 1 aliphatic carbocycles. The standard InChI is InChI=1S/C13H16N2OS/c1-16-10-4-2-9-3-5-12(11(9)8-10)15-13-14-6-7-17-13/h2,4,8,12H,3,5-7H2,1H3,(H,14,15). The summed E-state index contributed by atoms with van der Waals surface area (Å²) in [6.07, 6.45) is 2.30. The van der Waals surface area contributed by atoms with Gasteiger partial charge in [-0.05, 0) is 36.1 Å². The molecule has 3 rings (SSSR count). The molecule has 0 saturated heterocycles. The summed E-state index contributed by atoms with van der Waals surface area (Å²) in [5.41, 5.74) is 2.81. The first-order valence-electron chi connectivity index (χ1n) is 5.97. The predicted octanol–water partition coefficient (Wildman–Crippen LogP) is 2.37. The second-order valence-electron chi connectivity index (χ2n) is 4.34. The Bertz CT molecular complexity index is 459. The zero-order valence-corrected chi connectivity index (χ0v) is 10.7. The number of ether oxygens (including phenoxy) is 1. The first-order chi connectivity index (χ1) is 8.36. The van der Waals surface area contributed by atoms with Gasteiger partial charge in [-0.3, -0.25) is 4.99 Å². The maximum absolute atomic E-state index is 5.29. The lowest BCUT2D eigenvalue weighted by Crippen LogP contribution is -2.23. The van der Waals surface area contributed by atoms with Gasteiger partial charge in [0.2, 0.25) is 0 Å². The zero-order chi connectivity index (χ0) is 11.7. The van der Waals surface area contributed by atoms with E-state index in [-0.39, 0.29) is 0 Å². The van der Waals surface area contributed by atoms with Gasteiger partial charge in [0.05, 0.1) is 19.7 Å². The van der Waals surface area contributed by atoms with Crippen molar-refractivity contribution in [2.45, 2.75) is 18.9 Å². The van der Waals surface area contributed by atoms with Gasteiger partial charge in [0.15, 0.2) is 5.17 Å². The number of aryl methyl sites for hydroxylation is 1. The summed E-state index contributed by atoms with van der Waals surface area (Å²) >= 11 is 1.82. The minimum atomic E-state index is 0.407. The van der Waals surface area contributed by atoms with Crippen LogP contribution in [0.5, 0.6) is 5.75 Å². The number of nitrogens with zero attached hydrogens (tertiary/aromatic N) is 1. The second kappa shape index (κ2) is 4.61. The molecule has 0 fully saturated rings. The van der Waals surface area contributed by atoms with E-state index in [9.17, 15) is 0 Å². The van der Waals surface area contributed by atoms with Gasteiger partial charge in [-0.1, -0.05) is 17.8 Å². The zero-order valence-electron chi connectivity index (χ0n) is 9.90. The molecule has 0 radical (unpaired) electrons. The van der Waals surface area contributed by atoms with E-state index in [2.05, 4.69) is 22.4 Å². The number of fused-ring (bicyclic) bond motifs is 1. The van der Waals surface area contributed by atoms with E-state index in [1.54, 1.807) is 7.11 Å². The number of rotatable bonds is 2. The Morgan fingerprint density at radius 1 is 1.47 bits per heavy atom. The average Bonchev–Trinajstić information content (AvgIpc) is 2.99. The SMILES string of the molecule is COc1ccc2c(c1)C(NC1=NCCS1)CC2. The van der Waals surface area contributed by atoms with Crippen molar-refractivity contribution in [3.63, 3.8) is 0 Å². The smallest absolute Gasteiger partial charge is 0.157 e. The molecule has 3 nitrogen and oxygen atoms in total. The van der Waals surface area contributed by atoms with Crippen molar-refractivity contribution >= 4 is 16.9 Å². The number of thioether (sulfide) groups is 1. The summed E-state index contributed by atoms with van der Waals surface area (Å²) < 4.78 is 5.29. The third-order valence-corrected chi connectivity index (χ3v) is 4.22. The van der Waals surface area contributed by atoms with Crippen LogP contribution >= 0.6 is 11.8 Å². The van der Waals surface area contributed by atoms with Crippen LogP contribution in [0.2, 0.25) is 0 Å². The third-order valence-electron chi connectivity index (χ3n) is 3.31. The fourth-order valence-electron chi connectivity index (χ4n) is 2.43. The summed E-state index contributed by atoms with van der Waals surface area (Å²) in [6.45, 7) is 0.949. The normalized spacial score (nSPS) is 22.2. The number of benzene rings is 1. The van der Waals surface area contributed by atoms with Crippen molar-refractivity contribution < 1.29 is 4.74 Å². The molecule has 0 aromatic heterocycles. The number of methoxy groups -OCH3 is 1. The van der Waals surface area contributed by atoms with Crippen LogP contribution in [0.3, 0.4) is 0 Å². The minimum absolute atomic E-state index is 0.407. The predicted molar refractivity (Wildman–Crippen MR) is 72.0 cm³/mol. The van der Waals surface area contributed by atoms with Crippen molar-refractivity contribution in [3.05, 3.63) is 29.3 Å². The molecule has 0 spiro atoms. The third kappa shape index (κ3) is 2.14. The molecule has 1 N–H and O–H groups in total. The molecular formula is C13H16N2OS. The molecule has 17 heavy (non-hydrogen) atoms. The Morgan fingerprint density at radius 3 is 3.18 bits per heavy atom. The lowest BCUT2D eigenvalue weighted by atomic mass is 10.1. The van der Waals surface area contributed by atoms with Crippen LogP contribution in [0.1, 0.15) is 23.6 Å². The van der Waals surface area contributed by atoms with Crippen LogP contribution in [0.4, 0.5) is 0 Å². The molecule has 2 aliphatic rings. The van der Waals surface area contributed by atoms with Crippen molar-refractivity contribution in [2.24, 2.45) is 4.99 Å². The second-order valence-corrected chi connectivity index (χ2v) is 5.42. The Balaban J connectivity index is 1.81. The Labute approximate surface area is 106 Å². The summed E-state index contributed by atoms with van der Waals surface area (Å²) in [4.78, 5) is 4.45. The molecule has 0 bridgehead atoms. The highest BCUT2D eigenvalue weighted by atomic mass is 32.2. The lowest BCUT2D eigenvalue weighted by molar-refractivity contribution is 0.414. The van der Waals surface area contributed by atoms with Gasteiger partial charge >= 0.3 is 0 Å². The van der Waals surface area contributed by atoms with E-state index in [1.165, 1.54) is 11.1 Å². The van der Waals surface area contributed by atoms with E-state index in [1.807, 2.05) is 17.8 Å². The van der Waals surface area contributed by atoms with Gasteiger partial charge in [0, 0.05) is 5.75 Å². The van der Waals surface area contributed by atoms with Gasteiger partial charge in [-0.15, -0.1) is 0 Å². The minimum Gasteiger partial charge on any atom is -0.497 e. The number of amidine groups is 1. The Hall–Kier alpha value is -1.16. The highest BCUT2D eigenvalue weighted by molar-refractivity contribution is 8.14. The fourth-order valence-corrected chi connectivity index (χ4v) is 3.21.